The highest BCUT2D eigenvalue weighted by Gasteiger charge is 2.39. The zero-order valence-corrected chi connectivity index (χ0v) is 12.2. The summed E-state index contributed by atoms with van der Waals surface area (Å²) in [5, 5.41) is 0. The van der Waals surface area contributed by atoms with Crippen LogP contribution >= 0.6 is 0 Å². The Balaban J connectivity index is 1.96. The number of sulfonamides is 1. The molecule has 1 aliphatic carbocycles. The molecule has 0 atom stereocenters. The molecular weight excluding hydrogens is 288 g/mol. The number of anilines is 1. The first-order valence-corrected chi connectivity index (χ1v) is 8.15. The molecule has 0 bridgehead atoms. The van der Waals surface area contributed by atoms with E-state index < -0.39 is 10.0 Å². The lowest BCUT2D eigenvalue weighted by atomic mass is 10.3. The Hall–Kier alpha value is -1.99. The standard InChI is InChI=1S/C14H16N4O2S/c15-14-13(5-3-9-17-14)21(19,20)18(12-6-7-12)10-11-4-1-2-8-16-11/h1-5,8-9,12H,6-7,10H2,(H2,15,17). The first kappa shape index (κ1) is 14.0. The molecule has 21 heavy (non-hydrogen) atoms. The molecule has 2 aromatic heterocycles. The van der Waals surface area contributed by atoms with E-state index in [0.29, 0.717) is 0 Å². The minimum atomic E-state index is -3.66. The molecule has 0 aromatic carbocycles. The fraction of sp³-hybridized carbons (Fsp3) is 0.286. The second-order valence-corrected chi connectivity index (χ2v) is 6.85. The molecule has 0 spiro atoms. The summed E-state index contributed by atoms with van der Waals surface area (Å²) < 4.78 is 27.1. The zero-order valence-electron chi connectivity index (χ0n) is 11.4. The minimum absolute atomic E-state index is 0.0246. The second-order valence-electron chi connectivity index (χ2n) is 4.99. The van der Waals surface area contributed by atoms with Crippen molar-refractivity contribution in [3.63, 3.8) is 0 Å². The molecule has 0 aliphatic heterocycles. The van der Waals surface area contributed by atoms with Gasteiger partial charge in [-0.2, -0.15) is 4.31 Å². The normalized spacial score (nSPS) is 15.3. The number of nitrogen functional groups attached to an aromatic ring is 1. The number of aromatic nitrogens is 2. The van der Waals surface area contributed by atoms with Crippen molar-refractivity contribution in [1.29, 1.82) is 0 Å². The molecule has 3 rings (SSSR count). The summed E-state index contributed by atoms with van der Waals surface area (Å²) in [7, 11) is -3.66. The van der Waals surface area contributed by atoms with Gasteiger partial charge < -0.3 is 5.73 Å². The van der Waals surface area contributed by atoms with Crippen LogP contribution in [0.2, 0.25) is 0 Å². The lowest BCUT2D eigenvalue weighted by Crippen LogP contribution is -2.33. The van der Waals surface area contributed by atoms with E-state index in [-0.39, 0.29) is 23.3 Å². The van der Waals surface area contributed by atoms with Crippen molar-refractivity contribution in [1.82, 2.24) is 14.3 Å². The smallest absolute Gasteiger partial charge is 0.247 e. The quantitative estimate of drug-likeness (QED) is 0.902. The number of hydrogen-bond donors (Lipinski definition) is 1. The van der Waals surface area contributed by atoms with Gasteiger partial charge in [-0.1, -0.05) is 6.07 Å². The monoisotopic (exact) mass is 304 g/mol. The largest absolute Gasteiger partial charge is 0.383 e. The van der Waals surface area contributed by atoms with Crippen LogP contribution in [0.15, 0.2) is 47.6 Å². The number of pyridine rings is 2. The summed E-state index contributed by atoms with van der Waals surface area (Å²) in [5.74, 6) is 0.0316. The molecular formula is C14H16N4O2S. The van der Waals surface area contributed by atoms with Crippen LogP contribution in [-0.2, 0) is 16.6 Å². The third-order valence-electron chi connectivity index (χ3n) is 3.38. The predicted octanol–water partition coefficient (Wildman–Crippen LogP) is 1.41. The molecule has 0 unspecified atom stereocenters. The highest BCUT2D eigenvalue weighted by atomic mass is 32.2. The van der Waals surface area contributed by atoms with E-state index in [4.69, 9.17) is 5.73 Å². The molecule has 2 aromatic rings. The Bertz CT molecular complexity index is 730. The van der Waals surface area contributed by atoms with Crippen LogP contribution in [0.5, 0.6) is 0 Å². The predicted molar refractivity (Wildman–Crippen MR) is 78.6 cm³/mol. The van der Waals surface area contributed by atoms with Crippen molar-refractivity contribution >= 4 is 15.8 Å². The first-order valence-electron chi connectivity index (χ1n) is 6.71. The van der Waals surface area contributed by atoms with Gasteiger partial charge in [0.2, 0.25) is 10.0 Å². The maximum Gasteiger partial charge on any atom is 0.247 e. The Morgan fingerprint density at radius 3 is 2.52 bits per heavy atom. The van der Waals surface area contributed by atoms with E-state index in [1.165, 1.54) is 16.6 Å². The van der Waals surface area contributed by atoms with Crippen LogP contribution in [0.3, 0.4) is 0 Å². The van der Waals surface area contributed by atoms with Crippen LogP contribution in [0.4, 0.5) is 5.82 Å². The van der Waals surface area contributed by atoms with Crippen LogP contribution in [-0.4, -0.2) is 28.7 Å². The number of nitrogens with zero attached hydrogens (tertiary/aromatic N) is 3. The SMILES string of the molecule is Nc1ncccc1S(=O)(=O)N(Cc1ccccn1)C1CC1. The molecule has 0 amide bonds. The van der Waals surface area contributed by atoms with Gasteiger partial charge in [0.15, 0.2) is 0 Å². The summed E-state index contributed by atoms with van der Waals surface area (Å²) in [6.07, 6.45) is 4.87. The molecule has 7 heteroatoms. The topological polar surface area (TPSA) is 89.2 Å². The Morgan fingerprint density at radius 1 is 1.14 bits per heavy atom. The maximum atomic E-state index is 12.8. The van der Waals surface area contributed by atoms with Gasteiger partial charge in [-0.3, -0.25) is 4.98 Å². The Morgan fingerprint density at radius 2 is 1.90 bits per heavy atom. The van der Waals surface area contributed by atoms with Crippen molar-refractivity contribution in [2.24, 2.45) is 0 Å². The molecule has 0 saturated heterocycles. The van der Waals surface area contributed by atoms with E-state index in [2.05, 4.69) is 9.97 Å². The Kier molecular flexibility index (Phi) is 3.60. The van der Waals surface area contributed by atoms with Gasteiger partial charge in [-0.15, -0.1) is 0 Å². The van der Waals surface area contributed by atoms with E-state index in [0.717, 1.165) is 18.5 Å². The average molecular weight is 304 g/mol. The first-order chi connectivity index (χ1) is 10.1. The van der Waals surface area contributed by atoms with E-state index >= 15 is 0 Å². The van der Waals surface area contributed by atoms with Crippen molar-refractivity contribution in [3.05, 3.63) is 48.4 Å². The van der Waals surface area contributed by atoms with Crippen LogP contribution in [0.25, 0.3) is 0 Å². The third-order valence-corrected chi connectivity index (χ3v) is 5.33. The van der Waals surface area contributed by atoms with Gasteiger partial charge in [0, 0.05) is 18.4 Å². The molecule has 0 radical (unpaired) electrons. The van der Waals surface area contributed by atoms with Crippen molar-refractivity contribution in [2.45, 2.75) is 30.3 Å². The molecule has 2 N–H and O–H groups in total. The number of rotatable bonds is 5. The third kappa shape index (κ3) is 2.88. The summed E-state index contributed by atoms with van der Waals surface area (Å²) >= 11 is 0. The summed E-state index contributed by atoms with van der Waals surface area (Å²) in [6, 6.07) is 8.56. The number of nitrogens with two attached hydrogens (primary N) is 1. The van der Waals surface area contributed by atoms with E-state index in [9.17, 15) is 8.42 Å². The second kappa shape index (κ2) is 5.42. The molecule has 1 saturated carbocycles. The van der Waals surface area contributed by atoms with Gasteiger partial charge in [0.1, 0.15) is 10.7 Å². The van der Waals surface area contributed by atoms with Crippen LogP contribution in [0, 0.1) is 0 Å². The highest BCUT2D eigenvalue weighted by molar-refractivity contribution is 7.89. The minimum Gasteiger partial charge on any atom is -0.383 e. The molecule has 2 heterocycles. The molecule has 1 fully saturated rings. The summed E-state index contributed by atoms with van der Waals surface area (Å²) in [6.45, 7) is 0.252. The average Bonchev–Trinajstić information content (AvgIpc) is 3.30. The zero-order chi connectivity index (χ0) is 14.9. The van der Waals surface area contributed by atoms with Crippen LogP contribution in [0.1, 0.15) is 18.5 Å². The highest BCUT2D eigenvalue weighted by Crippen LogP contribution is 2.34. The molecule has 1 aliphatic rings. The lowest BCUT2D eigenvalue weighted by molar-refractivity contribution is 0.394. The van der Waals surface area contributed by atoms with Crippen LogP contribution < -0.4 is 5.73 Å². The maximum absolute atomic E-state index is 12.8. The van der Waals surface area contributed by atoms with Gasteiger partial charge in [0.25, 0.3) is 0 Å². The fourth-order valence-corrected chi connectivity index (χ4v) is 3.90. The van der Waals surface area contributed by atoms with Crippen molar-refractivity contribution < 1.29 is 8.42 Å². The van der Waals surface area contributed by atoms with Gasteiger partial charge in [0.05, 0.1) is 12.2 Å². The van der Waals surface area contributed by atoms with E-state index in [1.807, 2.05) is 12.1 Å². The van der Waals surface area contributed by atoms with E-state index in [1.54, 1.807) is 18.3 Å². The lowest BCUT2D eigenvalue weighted by Gasteiger charge is -2.22. The van der Waals surface area contributed by atoms with Gasteiger partial charge >= 0.3 is 0 Å². The number of hydrogen-bond acceptors (Lipinski definition) is 5. The summed E-state index contributed by atoms with van der Waals surface area (Å²) in [5.41, 5.74) is 6.44. The van der Waals surface area contributed by atoms with Crippen molar-refractivity contribution in [2.75, 3.05) is 5.73 Å². The van der Waals surface area contributed by atoms with Gasteiger partial charge in [-0.05, 0) is 37.1 Å². The molecule has 110 valence electrons. The fourth-order valence-electron chi connectivity index (χ4n) is 2.17. The Labute approximate surface area is 123 Å². The van der Waals surface area contributed by atoms with Crippen molar-refractivity contribution in [3.8, 4) is 0 Å². The summed E-state index contributed by atoms with van der Waals surface area (Å²) in [4.78, 5) is 8.14. The molecule has 6 nitrogen and oxygen atoms in total. The van der Waals surface area contributed by atoms with Gasteiger partial charge in [-0.25, -0.2) is 13.4 Å².